The van der Waals surface area contributed by atoms with Crippen molar-refractivity contribution in [1.82, 2.24) is 0 Å². The van der Waals surface area contributed by atoms with Crippen LogP contribution in [0.1, 0.15) is 5.56 Å². The number of carbonyl (C=O) groups is 1. The van der Waals surface area contributed by atoms with E-state index in [0.717, 1.165) is 5.56 Å². The molecular weight excluding hydrogens is 302 g/mol. The second kappa shape index (κ2) is 7.52. The van der Waals surface area contributed by atoms with Crippen LogP contribution in [-0.4, -0.2) is 20.1 Å². The van der Waals surface area contributed by atoms with E-state index in [0.29, 0.717) is 22.2 Å². The molecule has 1 N–H and O–H groups in total. The summed E-state index contributed by atoms with van der Waals surface area (Å²) >= 11 is 6.01. The fraction of sp³-hybridized carbons (Fsp3) is 0.118. The molecule has 22 heavy (non-hydrogen) atoms. The van der Waals surface area contributed by atoms with Crippen molar-refractivity contribution in [2.75, 3.05) is 19.5 Å². The summed E-state index contributed by atoms with van der Waals surface area (Å²) in [5.74, 6) is 1.01. The third-order valence-corrected chi connectivity index (χ3v) is 3.27. The van der Waals surface area contributed by atoms with Gasteiger partial charge in [-0.1, -0.05) is 29.8 Å². The summed E-state index contributed by atoms with van der Waals surface area (Å²) in [6, 6.07) is 12.5. The number of para-hydroxylation sites is 1. The van der Waals surface area contributed by atoms with E-state index in [1.54, 1.807) is 31.4 Å². The van der Waals surface area contributed by atoms with Gasteiger partial charge in [0.1, 0.15) is 11.5 Å². The van der Waals surface area contributed by atoms with Gasteiger partial charge in [0, 0.05) is 17.3 Å². The van der Waals surface area contributed by atoms with Gasteiger partial charge in [-0.3, -0.25) is 4.79 Å². The van der Waals surface area contributed by atoms with Crippen LogP contribution < -0.4 is 14.8 Å². The van der Waals surface area contributed by atoms with E-state index in [1.807, 2.05) is 24.3 Å². The first-order chi connectivity index (χ1) is 10.6. The maximum Gasteiger partial charge on any atom is 0.248 e. The van der Waals surface area contributed by atoms with Crippen molar-refractivity contribution in [2.24, 2.45) is 0 Å². The molecule has 0 atom stereocenters. The van der Waals surface area contributed by atoms with Crippen LogP contribution in [0.15, 0.2) is 48.5 Å². The number of halogens is 1. The van der Waals surface area contributed by atoms with E-state index >= 15 is 0 Å². The van der Waals surface area contributed by atoms with E-state index in [-0.39, 0.29) is 5.91 Å². The Morgan fingerprint density at radius 2 is 1.82 bits per heavy atom. The van der Waals surface area contributed by atoms with E-state index in [1.165, 1.54) is 13.2 Å². The standard InChI is InChI=1S/C17H16ClNO3/c1-21-15-6-4-3-5-12(15)7-10-17(20)19-13-8-9-16(22-2)14(18)11-13/h3-11H,1-2H3,(H,19,20)/b10-7+. The molecule has 0 aliphatic rings. The Kier molecular flexibility index (Phi) is 5.44. The van der Waals surface area contributed by atoms with E-state index < -0.39 is 0 Å². The van der Waals surface area contributed by atoms with Crippen LogP contribution in [0.3, 0.4) is 0 Å². The second-order valence-electron chi connectivity index (χ2n) is 4.41. The Bertz CT molecular complexity index is 698. The van der Waals surface area contributed by atoms with Crippen molar-refractivity contribution < 1.29 is 14.3 Å². The van der Waals surface area contributed by atoms with Crippen LogP contribution in [0, 0.1) is 0 Å². The number of methoxy groups -OCH3 is 2. The number of benzene rings is 2. The summed E-state index contributed by atoms with van der Waals surface area (Å²) in [5.41, 5.74) is 1.42. The molecule has 0 aromatic heterocycles. The van der Waals surface area contributed by atoms with Gasteiger partial charge in [-0.2, -0.15) is 0 Å². The van der Waals surface area contributed by atoms with Crippen LogP contribution in [0.25, 0.3) is 6.08 Å². The van der Waals surface area contributed by atoms with Gasteiger partial charge in [0.05, 0.1) is 19.2 Å². The topological polar surface area (TPSA) is 47.6 Å². The first-order valence-corrected chi connectivity index (χ1v) is 6.97. The van der Waals surface area contributed by atoms with Gasteiger partial charge in [-0.05, 0) is 30.3 Å². The van der Waals surface area contributed by atoms with Gasteiger partial charge >= 0.3 is 0 Å². The zero-order valence-corrected chi connectivity index (χ0v) is 13.1. The third kappa shape index (κ3) is 4.02. The fourth-order valence-electron chi connectivity index (χ4n) is 1.90. The predicted molar refractivity (Wildman–Crippen MR) is 88.7 cm³/mol. The molecule has 0 aliphatic heterocycles. The molecule has 0 bridgehead atoms. The van der Waals surface area contributed by atoms with Crippen LogP contribution in [0.2, 0.25) is 5.02 Å². The van der Waals surface area contributed by atoms with Crippen molar-refractivity contribution in [3.8, 4) is 11.5 Å². The van der Waals surface area contributed by atoms with E-state index in [4.69, 9.17) is 21.1 Å². The zero-order chi connectivity index (χ0) is 15.9. The summed E-state index contributed by atoms with van der Waals surface area (Å²) in [6.07, 6.45) is 3.13. The summed E-state index contributed by atoms with van der Waals surface area (Å²) < 4.78 is 10.3. The quantitative estimate of drug-likeness (QED) is 0.848. The summed E-state index contributed by atoms with van der Waals surface area (Å²) in [5, 5.41) is 3.17. The van der Waals surface area contributed by atoms with Crippen LogP contribution in [0.4, 0.5) is 5.69 Å². The zero-order valence-electron chi connectivity index (χ0n) is 12.3. The number of anilines is 1. The van der Waals surface area contributed by atoms with Crippen molar-refractivity contribution in [1.29, 1.82) is 0 Å². The van der Waals surface area contributed by atoms with Crippen LogP contribution in [0.5, 0.6) is 11.5 Å². The minimum Gasteiger partial charge on any atom is -0.496 e. The SMILES string of the molecule is COc1ccc(NC(=O)/C=C/c2ccccc2OC)cc1Cl. The van der Waals surface area contributed by atoms with Crippen molar-refractivity contribution in [2.45, 2.75) is 0 Å². The number of hydrogen-bond donors (Lipinski definition) is 1. The molecule has 2 aromatic rings. The highest BCUT2D eigenvalue weighted by molar-refractivity contribution is 6.32. The van der Waals surface area contributed by atoms with Gasteiger partial charge in [0.25, 0.3) is 0 Å². The lowest BCUT2D eigenvalue weighted by Gasteiger charge is -2.06. The Balaban J connectivity index is 2.06. The molecule has 1 amide bonds. The molecule has 0 saturated heterocycles. The van der Waals surface area contributed by atoms with Gasteiger partial charge in [-0.15, -0.1) is 0 Å². The molecule has 0 fully saturated rings. The number of ether oxygens (including phenoxy) is 2. The summed E-state index contributed by atoms with van der Waals surface area (Å²) in [7, 11) is 3.13. The molecule has 0 unspecified atom stereocenters. The monoisotopic (exact) mass is 317 g/mol. The molecular formula is C17H16ClNO3. The van der Waals surface area contributed by atoms with Gasteiger partial charge in [0.15, 0.2) is 0 Å². The highest BCUT2D eigenvalue weighted by Gasteiger charge is 2.04. The Hall–Kier alpha value is -2.46. The number of amides is 1. The number of hydrogen-bond acceptors (Lipinski definition) is 3. The van der Waals surface area contributed by atoms with Crippen LogP contribution >= 0.6 is 11.6 Å². The molecule has 2 rings (SSSR count). The molecule has 0 spiro atoms. The van der Waals surface area contributed by atoms with E-state index in [9.17, 15) is 4.79 Å². The van der Waals surface area contributed by atoms with Crippen molar-refractivity contribution in [3.63, 3.8) is 0 Å². The molecule has 4 nitrogen and oxygen atoms in total. The highest BCUT2D eigenvalue weighted by atomic mass is 35.5. The smallest absolute Gasteiger partial charge is 0.248 e. The second-order valence-corrected chi connectivity index (χ2v) is 4.82. The molecule has 0 radical (unpaired) electrons. The van der Waals surface area contributed by atoms with Crippen LogP contribution in [-0.2, 0) is 4.79 Å². The van der Waals surface area contributed by atoms with E-state index in [2.05, 4.69) is 5.32 Å². The Labute approximate surface area is 134 Å². The van der Waals surface area contributed by atoms with Gasteiger partial charge < -0.3 is 14.8 Å². The molecule has 0 heterocycles. The summed E-state index contributed by atoms with van der Waals surface area (Å²) in [4.78, 5) is 11.9. The minimum absolute atomic E-state index is 0.257. The lowest BCUT2D eigenvalue weighted by molar-refractivity contribution is -0.111. The average Bonchev–Trinajstić information content (AvgIpc) is 2.53. The lowest BCUT2D eigenvalue weighted by Crippen LogP contribution is -2.07. The van der Waals surface area contributed by atoms with Crippen molar-refractivity contribution >= 4 is 29.3 Å². The summed E-state index contributed by atoms with van der Waals surface area (Å²) in [6.45, 7) is 0. The largest absolute Gasteiger partial charge is 0.496 e. The van der Waals surface area contributed by atoms with Crippen molar-refractivity contribution in [3.05, 3.63) is 59.1 Å². The van der Waals surface area contributed by atoms with Gasteiger partial charge in [-0.25, -0.2) is 0 Å². The molecule has 0 aliphatic carbocycles. The highest BCUT2D eigenvalue weighted by Crippen LogP contribution is 2.27. The fourth-order valence-corrected chi connectivity index (χ4v) is 2.16. The molecule has 114 valence electrons. The maximum absolute atomic E-state index is 11.9. The average molecular weight is 318 g/mol. The molecule has 5 heteroatoms. The van der Waals surface area contributed by atoms with Gasteiger partial charge in [0.2, 0.25) is 5.91 Å². The first kappa shape index (κ1) is 15.9. The predicted octanol–water partition coefficient (Wildman–Crippen LogP) is 4.01. The lowest BCUT2D eigenvalue weighted by atomic mass is 10.2. The number of rotatable bonds is 5. The molecule has 2 aromatic carbocycles. The number of nitrogens with one attached hydrogen (secondary N) is 1. The maximum atomic E-state index is 11.9. The Morgan fingerprint density at radius 3 is 2.50 bits per heavy atom. The molecule has 0 saturated carbocycles. The Morgan fingerprint density at radius 1 is 1.09 bits per heavy atom. The normalized spacial score (nSPS) is 10.5. The minimum atomic E-state index is -0.257. The first-order valence-electron chi connectivity index (χ1n) is 6.59. The number of carbonyl (C=O) groups excluding carboxylic acids is 1. The third-order valence-electron chi connectivity index (χ3n) is 2.97.